The predicted molar refractivity (Wildman–Crippen MR) is 85.9 cm³/mol. The number of aliphatic carboxylic acids is 1. The second-order valence-electron chi connectivity index (χ2n) is 4.66. The summed E-state index contributed by atoms with van der Waals surface area (Å²) in [5.41, 5.74) is 0. The molecule has 0 aromatic heterocycles. The fraction of sp³-hybridized carbons (Fsp3) is 0.467. The van der Waals surface area contributed by atoms with Crippen LogP contribution in [0.2, 0.25) is 5.02 Å². The molecule has 1 aromatic carbocycles. The third-order valence-electron chi connectivity index (χ3n) is 3.07. The van der Waals surface area contributed by atoms with Gasteiger partial charge >= 0.3 is 5.97 Å². The molecule has 1 atom stereocenters. The molecule has 1 unspecified atom stereocenters. The monoisotopic (exact) mass is 329 g/mol. The Kier molecular flexibility index (Phi) is 7.61. The van der Waals surface area contributed by atoms with Crippen molar-refractivity contribution in [2.45, 2.75) is 37.6 Å². The molecule has 1 amide bonds. The van der Waals surface area contributed by atoms with Crippen LogP contribution in [0.3, 0.4) is 0 Å². The van der Waals surface area contributed by atoms with Gasteiger partial charge in [-0.15, -0.1) is 11.8 Å². The van der Waals surface area contributed by atoms with E-state index in [9.17, 15) is 9.59 Å². The van der Waals surface area contributed by atoms with E-state index in [1.54, 1.807) is 11.8 Å². The zero-order valence-electron chi connectivity index (χ0n) is 12.2. The van der Waals surface area contributed by atoms with Gasteiger partial charge in [-0.25, -0.2) is 0 Å². The van der Waals surface area contributed by atoms with Gasteiger partial charge in [-0.3, -0.25) is 9.59 Å². The van der Waals surface area contributed by atoms with Crippen LogP contribution in [0.25, 0.3) is 0 Å². The molecule has 0 heterocycles. The molecule has 4 nitrogen and oxygen atoms in total. The van der Waals surface area contributed by atoms with Crippen LogP contribution in [0, 0.1) is 0 Å². The molecule has 116 valence electrons. The Morgan fingerprint density at radius 1 is 1.38 bits per heavy atom. The van der Waals surface area contributed by atoms with Crippen LogP contribution >= 0.6 is 23.4 Å². The Balaban J connectivity index is 2.48. The van der Waals surface area contributed by atoms with Crippen LogP contribution in [-0.2, 0) is 9.59 Å². The lowest BCUT2D eigenvalue weighted by atomic mass is 10.2. The van der Waals surface area contributed by atoms with E-state index in [2.05, 4.69) is 0 Å². The van der Waals surface area contributed by atoms with Crippen LogP contribution in [0.5, 0.6) is 0 Å². The van der Waals surface area contributed by atoms with E-state index < -0.39 is 5.97 Å². The zero-order chi connectivity index (χ0) is 15.8. The van der Waals surface area contributed by atoms with Gasteiger partial charge in [0.05, 0.1) is 11.4 Å². The number of carbonyl (C=O) groups excluding carboxylic acids is 1. The van der Waals surface area contributed by atoms with E-state index in [4.69, 9.17) is 16.7 Å². The number of carboxylic acids is 1. The SMILES string of the molecule is CCN(C(=O)CCSc1ccccc1Cl)C(C)CC(=O)O. The molecule has 1 rings (SSSR count). The van der Waals surface area contributed by atoms with Crippen molar-refractivity contribution in [2.75, 3.05) is 12.3 Å². The molecule has 21 heavy (non-hydrogen) atoms. The number of nitrogens with zero attached hydrogens (tertiary/aromatic N) is 1. The zero-order valence-corrected chi connectivity index (χ0v) is 13.8. The fourth-order valence-electron chi connectivity index (χ4n) is 2.05. The summed E-state index contributed by atoms with van der Waals surface area (Å²) in [6.07, 6.45) is 0.338. The first-order valence-corrected chi connectivity index (χ1v) is 8.20. The van der Waals surface area contributed by atoms with Gasteiger partial charge in [0.1, 0.15) is 0 Å². The lowest BCUT2D eigenvalue weighted by Crippen LogP contribution is -2.39. The molecule has 0 aliphatic rings. The molecule has 1 N–H and O–H groups in total. The number of rotatable bonds is 8. The third kappa shape index (κ3) is 5.98. The summed E-state index contributed by atoms with van der Waals surface area (Å²) in [5, 5.41) is 9.49. The van der Waals surface area contributed by atoms with Crippen molar-refractivity contribution in [3.63, 3.8) is 0 Å². The summed E-state index contributed by atoms with van der Waals surface area (Å²) in [4.78, 5) is 25.5. The van der Waals surface area contributed by atoms with E-state index in [0.29, 0.717) is 23.7 Å². The maximum atomic E-state index is 12.2. The molecule has 0 aliphatic heterocycles. The van der Waals surface area contributed by atoms with Crippen molar-refractivity contribution in [1.82, 2.24) is 4.90 Å². The van der Waals surface area contributed by atoms with E-state index >= 15 is 0 Å². The Hall–Kier alpha value is -1.20. The van der Waals surface area contributed by atoms with Crippen LogP contribution in [0.4, 0.5) is 0 Å². The van der Waals surface area contributed by atoms with Gasteiger partial charge in [-0.2, -0.15) is 0 Å². The molecule has 0 saturated heterocycles. The molecule has 0 saturated carbocycles. The topological polar surface area (TPSA) is 57.6 Å². The summed E-state index contributed by atoms with van der Waals surface area (Å²) in [6.45, 7) is 4.14. The number of carbonyl (C=O) groups is 2. The maximum absolute atomic E-state index is 12.2. The van der Waals surface area contributed by atoms with Gasteiger partial charge in [-0.05, 0) is 26.0 Å². The van der Waals surface area contributed by atoms with Crippen molar-refractivity contribution >= 4 is 35.2 Å². The van der Waals surface area contributed by atoms with E-state index in [1.807, 2.05) is 31.2 Å². The van der Waals surface area contributed by atoms with E-state index in [-0.39, 0.29) is 18.4 Å². The second kappa shape index (κ2) is 8.95. The normalized spacial score (nSPS) is 12.0. The van der Waals surface area contributed by atoms with Crippen molar-refractivity contribution in [2.24, 2.45) is 0 Å². The predicted octanol–water partition coefficient (Wildman–Crippen LogP) is 3.53. The number of hydrogen-bond donors (Lipinski definition) is 1. The second-order valence-corrected chi connectivity index (χ2v) is 6.20. The number of carboxylic acid groups (broad SMARTS) is 1. The molecule has 0 radical (unpaired) electrons. The lowest BCUT2D eigenvalue weighted by Gasteiger charge is -2.27. The quantitative estimate of drug-likeness (QED) is 0.741. The first-order chi connectivity index (χ1) is 9.95. The number of benzene rings is 1. The van der Waals surface area contributed by atoms with Gasteiger partial charge in [0, 0.05) is 29.7 Å². The average Bonchev–Trinajstić information content (AvgIpc) is 2.41. The van der Waals surface area contributed by atoms with E-state index in [0.717, 1.165) is 4.90 Å². The van der Waals surface area contributed by atoms with Gasteiger partial charge in [0.15, 0.2) is 0 Å². The Bertz CT molecular complexity index is 496. The average molecular weight is 330 g/mol. The number of thioether (sulfide) groups is 1. The summed E-state index contributed by atoms with van der Waals surface area (Å²) in [7, 11) is 0. The largest absolute Gasteiger partial charge is 0.481 e. The highest BCUT2D eigenvalue weighted by Gasteiger charge is 2.20. The van der Waals surface area contributed by atoms with Crippen molar-refractivity contribution < 1.29 is 14.7 Å². The smallest absolute Gasteiger partial charge is 0.305 e. The minimum Gasteiger partial charge on any atom is -0.481 e. The summed E-state index contributed by atoms with van der Waals surface area (Å²) in [6, 6.07) is 7.22. The highest BCUT2D eigenvalue weighted by molar-refractivity contribution is 7.99. The van der Waals surface area contributed by atoms with Gasteiger partial charge in [-0.1, -0.05) is 23.7 Å². The standard InChI is InChI=1S/C15H20ClNO3S/c1-3-17(11(2)10-15(19)20)14(18)8-9-21-13-7-5-4-6-12(13)16/h4-7,11H,3,8-10H2,1-2H3,(H,19,20). The highest BCUT2D eigenvalue weighted by Crippen LogP contribution is 2.27. The molecule has 0 bridgehead atoms. The first-order valence-electron chi connectivity index (χ1n) is 6.84. The number of halogens is 1. The van der Waals surface area contributed by atoms with Gasteiger partial charge in [0.25, 0.3) is 0 Å². The summed E-state index contributed by atoms with van der Waals surface area (Å²) >= 11 is 7.59. The molecule has 0 aliphatic carbocycles. The van der Waals surface area contributed by atoms with Gasteiger partial charge < -0.3 is 10.0 Å². The fourth-order valence-corrected chi connectivity index (χ4v) is 3.23. The van der Waals surface area contributed by atoms with Crippen LogP contribution in [0.15, 0.2) is 29.2 Å². The minimum absolute atomic E-state index is 0.0224. The third-order valence-corrected chi connectivity index (χ3v) is 4.59. The lowest BCUT2D eigenvalue weighted by molar-refractivity contribution is -0.140. The molecule has 0 spiro atoms. The van der Waals surface area contributed by atoms with Crippen molar-refractivity contribution in [3.05, 3.63) is 29.3 Å². The summed E-state index contributed by atoms with van der Waals surface area (Å²) < 4.78 is 0. The Morgan fingerprint density at radius 3 is 2.62 bits per heavy atom. The van der Waals surface area contributed by atoms with Crippen molar-refractivity contribution in [3.8, 4) is 0 Å². The maximum Gasteiger partial charge on any atom is 0.305 e. The highest BCUT2D eigenvalue weighted by atomic mass is 35.5. The molecular formula is C15H20ClNO3S. The molecule has 0 fully saturated rings. The number of hydrogen-bond acceptors (Lipinski definition) is 3. The molecular weight excluding hydrogens is 310 g/mol. The summed E-state index contributed by atoms with van der Waals surface area (Å²) in [5.74, 6) is -0.288. The van der Waals surface area contributed by atoms with Crippen molar-refractivity contribution in [1.29, 1.82) is 0 Å². The van der Waals surface area contributed by atoms with Crippen LogP contribution in [0.1, 0.15) is 26.7 Å². The molecule has 6 heteroatoms. The minimum atomic E-state index is -0.890. The molecule has 1 aromatic rings. The Morgan fingerprint density at radius 2 is 2.05 bits per heavy atom. The van der Waals surface area contributed by atoms with Crippen LogP contribution in [-0.4, -0.2) is 40.2 Å². The van der Waals surface area contributed by atoms with Gasteiger partial charge in [0.2, 0.25) is 5.91 Å². The van der Waals surface area contributed by atoms with Crippen LogP contribution < -0.4 is 0 Å². The Labute approximate surface area is 134 Å². The van der Waals surface area contributed by atoms with E-state index in [1.165, 1.54) is 11.8 Å². The first kappa shape index (κ1) is 17.9. The number of amides is 1.